The number of nitrogens with zero attached hydrogens (tertiary/aromatic N) is 3. The number of ether oxygens (including phenoxy) is 2. The second-order valence-electron chi connectivity index (χ2n) is 6.88. The first kappa shape index (κ1) is 24.8. The minimum absolute atomic E-state index is 0.0296. The van der Waals surface area contributed by atoms with Crippen LogP contribution in [0.3, 0.4) is 0 Å². The number of nitro groups is 1. The van der Waals surface area contributed by atoms with E-state index in [1.54, 1.807) is 23.1 Å². The average molecular weight is 534 g/mol. The first-order chi connectivity index (χ1) is 15.9. The number of likely N-dealkylation sites (N-methyl/N-ethyl adjacent to an activating group) is 1. The third kappa shape index (κ3) is 5.94. The van der Waals surface area contributed by atoms with E-state index in [0.717, 1.165) is 15.6 Å². The van der Waals surface area contributed by atoms with Crippen molar-refractivity contribution in [3.8, 4) is 11.5 Å². The summed E-state index contributed by atoms with van der Waals surface area (Å²) in [7, 11) is 0. The Kier molecular flexibility index (Phi) is 8.51. The Morgan fingerprint density at radius 1 is 1.15 bits per heavy atom. The molecule has 1 saturated heterocycles. The SMILES string of the molecule is CCN=C1S/C(=C/c2cc(OCC)c(OCc3ccc([N+](=O)[O-])cc3)cc2Br)C(=O)N1CC. The van der Waals surface area contributed by atoms with Gasteiger partial charge in [0.25, 0.3) is 11.6 Å². The molecule has 2 aromatic rings. The topological polar surface area (TPSA) is 94.3 Å². The third-order valence-corrected chi connectivity index (χ3v) is 6.42. The fraction of sp³-hybridized carbons (Fsp3) is 0.304. The molecule has 1 fully saturated rings. The van der Waals surface area contributed by atoms with Crippen LogP contribution in [-0.2, 0) is 11.4 Å². The van der Waals surface area contributed by atoms with Gasteiger partial charge in [-0.05, 0) is 74.0 Å². The molecular weight excluding hydrogens is 510 g/mol. The van der Waals surface area contributed by atoms with Crippen molar-refractivity contribution in [2.24, 2.45) is 4.99 Å². The zero-order valence-electron chi connectivity index (χ0n) is 18.5. The zero-order chi connectivity index (χ0) is 24.0. The van der Waals surface area contributed by atoms with Gasteiger partial charge in [-0.1, -0.05) is 15.9 Å². The summed E-state index contributed by atoms with van der Waals surface area (Å²) in [5.74, 6) is 0.996. The Morgan fingerprint density at radius 3 is 2.45 bits per heavy atom. The second kappa shape index (κ2) is 11.3. The molecule has 0 aromatic heterocycles. The molecule has 0 unspecified atom stereocenters. The Labute approximate surface area is 204 Å². The van der Waals surface area contributed by atoms with Crippen molar-refractivity contribution in [1.82, 2.24) is 4.90 Å². The molecule has 1 heterocycles. The van der Waals surface area contributed by atoms with Crippen LogP contribution in [0.1, 0.15) is 31.9 Å². The molecule has 0 aliphatic carbocycles. The standard InChI is InChI=1S/C23H24BrN3O5S/c1-4-25-23-26(5-2)22(28)21(33-23)12-16-11-19(31-6-3)20(13-18(16)24)32-14-15-7-9-17(10-8-15)27(29)30/h7-13H,4-6,14H2,1-3H3/b21-12+,25-23?. The number of halogens is 1. The molecular formula is C23H24BrN3O5S. The summed E-state index contributed by atoms with van der Waals surface area (Å²) in [4.78, 5) is 29.8. The quantitative estimate of drug-likeness (QED) is 0.235. The van der Waals surface area contributed by atoms with E-state index < -0.39 is 4.92 Å². The molecule has 2 aromatic carbocycles. The number of rotatable bonds is 9. The van der Waals surface area contributed by atoms with Crippen molar-refractivity contribution < 1.29 is 19.2 Å². The molecule has 3 rings (SSSR count). The maximum atomic E-state index is 12.8. The normalized spacial score (nSPS) is 16.0. The first-order valence-corrected chi connectivity index (χ1v) is 12.1. The lowest BCUT2D eigenvalue weighted by Crippen LogP contribution is -2.28. The molecule has 0 bridgehead atoms. The third-order valence-electron chi connectivity index (χ3n) is 4.69. The van der Waals surface area contributed by atoms with Crippen LogP contribution in [0, 0.1) is 10.1 Å². The minimum Gasteiger partial charge on any atom is -0.490 e. The molecule has 10 heteroatoms. The Morgan fingerprint density at radius 2 is 1.85 bits per heavy atom. The first-order valence-electron chi connectivity index (χ1n) is 10.5. The molecule has 0 saturated carbocycles. The van der Waals surface area contributed by atoms with Crippen molar-refractivity contribution in [3.05, 3.63) is 67.0 Å². The molecule has 0 N–H and O–H groups in total. The van der Waals surface area contributed by atoms with Crippen molar-refractivity contribution in [3.63, 3.8) is 0 Å². The lowest BCUT2D eigenvalue weighted by Gasteiger charge is -2.14. The molecule has 0 atom stereocenters. The number of hydrogen-bond donors (Lipinski definition) is 0. The van der Waals surface area contributed by atoms with E-state index in [1.807, 2.05) is 32.9 Å². The van der Waals surface area contributed by atoms with Crippen molar-refractivity contribution in [2.45, 2.75) is 27.4 Å². The van der Waals surface area contributed by atoms with E-state index in [1.165, 1.54) is 23.9 Å². The number of aliphatic imine (C=N–C) groups is 1. The van der Waals surface area contributed by atoms with Gasteiger partial charge in [0, 0.05) is 29.7 Å². The molecule has 8 nitrogen and oxygen atoms in total. The number of amides is 1. The summed E-state index contributed by atoms with van der Waals surface area (Å²) in [6.07, 6.45) is 1.82. The van der Waals surface area contributed by atoms with Gasteiger partial charge in [0.2, 0.25) is 0 Å². The van der Waals surface area contributed by atoms with Gasteiger partial charge in [-0.2, -0.15) is 0 Å². The zero-order valence-corrected chi connectivity index (χ0v) is 20.9. The maximum absolute atomic E-state index is 12.8. The van der Waals surface area contributed by atoms with Crippen LogP contribution in [0.2, 0.25) is 0 Å². The van der Waals surface area contributed by atoms with Gasteiger partial charge < -0.3 is 9.47 Å². The van der Waals surface area contributed by atoms with Gasteiger partial charge >= 0.3 is 0 Å². The highest BCUT2D eigenvalue weighted by Gasteiger charge is 2.32. The number of non-ortho nitro benzene ring substituents is 1. The number of carbonyl (C=O) groups excluding carboxylic acids is 1. The lowest BCUT2D eigenvalue weighted by atomic mass is 10.1. The molecule has 1 aliphatic heterocycles. The van der Waals surface area contributed by atoms with Gasteiger partial charge in [-0.25, -0.2) is 0 Å². The number of amidine groups is 1. The highest BCUT2D eigenvalue weighted by atomic mass is 79.9. The summed E-state index contributed by atoms with van der Waals surface area (Å²) in [6, 6.07) is 9.82. The number of carbonyl (C=O) groups is 1. The van der Waals surface area contributed by atoms with Crippen molar-refractivity contribution in [1.29, 1.82) is 0 Å². The molecule has 0 radical (unpaired) electrons. The highest BCUT2D eigenvalue weighted by Crippen LogP contribution is 2.38. The molecule has 33 heavy (non-hydrogen) atoms. The Bertz CT molecular complexity index is 1100. The number of thioether (sulfide) groups is 1. The summed E-state index contributed by atoms with van der Waals surface area (Å²) in [5, 5.41) is 11.5. The summed E-state index contributed by atoms with van der Waals surface area (Å²) >= 11 is 4.93. The fourth-order valence-corrected chi connectivity index (χ4v) is 4.63. The van der Waals surface area contributed by atoms with Gasteiger partial charge in [-0.3, -0.25) is 24.8 Å². The van der Waals surface area contributed by atoms with Crippen LogP contribution in [0.5, 0.6) is 11.5 Å². The summed E-state index contributed by atoms with van der Waals surface area (Å²) in [5.41, 5.74) is 1.61. The van der Waals surface area contributed by atoms with Crippen LogP contribution in [0.25, 0.3) is 6.08 Å². The lowest BCUT2D eigenvalue weighted by molar-refractivity contribution is -0.384. The van der Waals surface area contributed by atoms with Gasteiger partial charge in [-0.15, -0.1) is 0 Å². The highest BCUT2D eigenvalue weighted by molar-refractivity contribution is 9.10. The predicted molar refractivity (Wildman–Crippen MR) is 134 cm³/mol. The van der Waals surface area contributed by atoms with Crippen LogP contribution in [0.4, 0.5) is 5.69 Å². The molecule has 1 amide bonds. The fourth-order valence-electron chi connectivity index (χ4n) is 3.10. The molecule has 174 valence electrons. The van der Waals surface area contributed by atoms with E-state index >= 15 is 0 Å². The number of benzene rings is 2. The van der Waals surface area contributed by atoms with Crippen LogP contribution in [0.15, 0.2) is 50.8 Å². The molecule has 0 spiro atoms. The van der Waals surface area contributed by atoms with Gasteiger partial charge in [0.1, 0.15) is 6.61 Å². The maximum Gasteiger partial charge on any atom is 0.269 e. The van der Waals surface area contributed by atoms with Crippen LogP contribution in [-0.4, -0.2) is 40.6 Å². The van der Waals surface area contributed by atoms with E-state index in [4.69, 9.17) is 9.47 Å². The van der Waals surface area contributed by atoms with E-state index in [-0.39, 0.29) is 18.2 Å². The van der Waals surface area contributed by atoms with Crippen molar-refractivity contribution in [2.75, 3.05) is 19.7 Å². The van der Waals surface area contributed by atoms with Gasteiger partial charge in [0.05, 0.1) is 16.4 Å². The average Bonchev–Trinajstić information content (AvgIpc) is 3.09. The smallest absolute Gasteiger partial charge is 0.269 e. The Balaban J connectivity index is 1.85. The van der Waals surface area contributed by atoms with E-state index in [0.29, 0.717) is 41.3 Å². The van der Waals surface area contributed by atoms with Crippen LogP contribution < -0.4 is 9.47 Å². The van der Waals surface area contributed by atoms with Crippen LogP contribution >= 0.6 is 27.7 Å². The minimum atomic E-state index is -0.438. The van der Waals surface area contributed by atoms with Gasteiger partial charge in [0.15, 0.2) is 16.7 Å². The number of nitro benzene ring substituents is 1. The Hall–Kier alpha value is -2.85. The van der Waals surface area contributed by atoms with E-state index in [2.05, 4.69) is 20.9 Å². The molecule has 1 aliphatic rings. The monoisotopic (exact) mass is 533 g/mol. The summed E-state index contributed by atoms with van der Waals surface area (Å²) < 4.78 is 12.5. The largest absolute Gasteiger partial charge is 0.490 e. The second-order valence-corrected chi connectivity index (χ2v) is 8.75. The number of hydrogen-bond acceptors (Lipinski definition) is 7. The van der Waals surface area contributed by atoms with Crippen molar-refractivity contribution >= 4 is 50.5 Å². The summed E-state index contributed by atoms with van der Waals surface area (Å²) in [6.45, 7) is 7.57. The van der Waals surface area contributed by atoms with E-state index in [9.17, 15) is 14.9 Å². The predicted octanol–water partition coefficient (Wildman–Crippen LogP) is 5.65.